The molecule has 0 bridgehead atoms. The summed E-state index contributed by atoms with van der Waals surface area (Å²) in [4.78, 5) is 11.7. The third-order valence-electron chi connectivity index (χ3n) is 2.84. The van der Waals surface area contributed by atoms with Crippen molar-refractivity contribution < 1.29 is 0 Å². The Hall–Kier alpha value is -1.83. The first-order valence-corrected chi connectivity index (χ1v) is 6.07. The summed E-state index contributed by atoms with van der Waals surface area (Å²) in [5, 5.41) is 0. The van der Waals surface area contributed by atoms with Gasteiger partial charge < -0.3 is 4.57 Å². The van der Waals surface area contributed by atoms with Gasteiger partial charge >= 0.3 is 0 Å². The molecule has 2 heteroatoms. The second-order valence-electron chi connectivity index (χ2n) is 4.17. The van der Waals surface area contributed by atoms with Gasteiger partial charge in [0, 0.05) is 18.8 Å². The van der Waals surface area contributed by atoms with E-state index in [2.05, 4.69) is 19.1 Å². The summed E-state index contributed by atoms with van der Waals surface area (Å²) in [6, 6.07) is 13.7. The Morgan fingerprint density at radius 3 is 2.47 bits per heavy atom. The van der Waals surface area contributed by atoms with E-state index in [9.17, 15) is 4.79 Å². The van der Waals surface area contributed by atoms with Gasteiger partial charge in [-0.15, -0.1) is 0 Å². The molecule has 2 rings (SSSR count). The van der Waals surface area contributed by atoms with E-state index in [1.807, 2.05) is 30.5 Å². The van der Waals surface area contributed by atoms with Crippen LogP contribution in [0.3, 0.4) is 0 Å². The number of unbranched alkanes of at least 4 members (excludes halogenated alkanes) is 1. The molecule has 0 aliphatic carbocycles. The Balaban J connectivity index is 2.34. The summed E-state index contributed by atoms with van der Waals surface area (Å²) in [5.41, 5.74) is 2.33. The number of rotatable bonds is 4. The van der Waals surface area contributed by atoms with Gasteiger partial charge in [0.05, 0.1) is 0 Å². The van der Waals surface area contributed by atoms with Crippen LogP contribution in [0.4, 0.5) is 0 Å². The van der Waals surface area contributed by atoms with Crippen molar-refractivity contribution in [3.05, 3.63) is 59.0 Å². The Labute approximate surface area is 102 Å². The van der Waals surface area contributed by atoms with Crippen molar-refractivity contribution in [2.45, 2.75) is 26.3 Å². The van der Waals surface area contributed by atoms with Crippen LogP contribution >= 0.6 is 0 Å². The maximum Gasteiger partial charge on any atom is 0.250 e. The molecule has 0 unspecified atom stereocenters. The van der Waals surface area contributed by atoms with Gasteiger partial charge in [-0.1, -0.05) is 43.7 Å². The van der Waals surface area contributed by atoms with Crippen LogP contribution in [-0.2, 0) is 6.54 Å². The molecule has 1 aromatic heterocycles. The lowest BCUT2D eigenvalue weighted by atomic mass is 10.1. The molecule has 88 valence electrons. The molecular formula is C15H17NO. The van der Waals surface area contributed by atoms with E-state index in [1.165, 1.54) is 0 Å². The van der Waals surface area contributed by atoms with Crippen LogP contribution in [0.5, 0.6) is 0 Å². The standard InChI is InChI=1S/C15H17NO/c1-2-3-11-16-12-14(9-10-15(16)17)13-7-5-4-6-8-13/h4-10,12H,2-3,11H2,1H3. The third kappa shape index (κ3) is 2.84. The fourth-order valence-corrected chi connectivity index (χ4v) is 1.84. The normalized spacial score (nSPS) is 10.4. The van der Waals surface area contributed by atoms with E-state index >= 15 is 0 Å². The minimum Gasteiger partial charge on any atom is -0.315 e. The fraction of sp³-hybridized carbons (Fsp3) is 0.267. The van der Waals surface area contributed by atoms with Gasteiger partial charge in [0.2, 0.25) is 0 Å². The highest BCUT2D eigenvalue weighted by molar-refractivity contribution is 5.61. The zero-order chi connectivity index (χ0) is 12.1. The number of benzene rings is 1. The lowest BCUT2D eigenvalue weighted by Crippen LogP contribution is -2.18. The smallest absolute Gasteiger partial charge is 0.250 e. The maximum absolute atomic E-state index is 11.7. The molecule has 17 heavy (non-hydrogen) atoms. The highest BCUT2D eigenvalue weighted by Gasteiger charge is 2.00. The molecule has 0 aliphatic heterocycles. The molecule has 0 N–H and O–H groups in total. The van der Waals surface area contributed by atoms with E-state index in [0.717, 1.165) is 30.5 Å². The summed E-state index contributed by atoms with van der Waals surface area (Å²) >= 11 is 0. The monoisotopic (exact) mass is 227 g/mol. The first-order valence-electron chi connectivity index (χ1n) is 6.07. The van der Waals surface area contributed by atoms with Crippen molar-refractivity contribution in [2.24, 2.45) is 0 Å². The van der Waals surface area contributed by atoms with Crippen molar-refractivity contribution in [2.75, 3.05) is 0 Å². The van der Waals surface area contributed by atoms with E-state index in [0.29, 0.717) is 0 Å². The molecule has 0 aliphatic rings. The van der Waals surface area contributed by atoms with E-state index < -0.39 is 0 Å². The average molecular weight is 227 g/mol. The van der Waals surface area contributed by atoms with Crippen molar-refractivity contribution in [3.63, 3.8) is 0 Å². The molecule has 1 aromatic carbocycles. The number of aryl methyl sites for hydroxylation is 1. The Morgan fingerprint density at radius 1 is 1.00 bits per heavy atom. The molecule has 0 amide bonds. The second kappa shape index (κ2) is 5.48. The first-order chi connectivity index (χ1) is 8.31. The SMILES string of the molecule is CCCCn1cc(-c2ccccc2)ccc1=O. The minimum absolute atomic E-state index is 0.0816. The zero-order valence-electron chi connectivity index (χ0n) is 10.1. The molecule has 2 nitrogen and oxygen atoms in total. The number of pyridine rings is 1. The zero-order valence-corrected chi connectivity index (χ0v) is 10.1. The van der Waals surface area contributed by atoms with Crippen LogP contribution in [0.15, 0.2) is 53.5 Å². The number of aromatic nitrogens is 1. The predicted octanol–water partition coefficient (Wildman–Crippen LogP) is 3.32. The minimum atomic E-state index is 0.0816. The quantitative estimate of drug-likeness (QED) is 0.785. The van der Waals surface area contributed by atoms with Crippen LogP contribution in [0.2, 0.25) is 0 Å². The number of hydrogen-bond donors (Lipinski definition) is 0. The van der Waals surface area contributed by atoms with Crippen LogP contribution in [-0.4, -0.2) is 4.57 Å². The van der Waals surface area contributed by atoms with Crippen molar-refractivity contribution in [3.8, 4) is 11.1 Å². The summed E-state index contributed by atoms with van der Waals surface area (Å²) in [5.74, 6) is 0. The fourth-order valence-electron chi connectivity index (χ4n) is 1.84. The Bertz CT molecular complexity index is 528. The molecule has 0 atom stereocenters. The molecule has 0 radical (unpaired) electrons. The van der Waals surface area contributed by atoms with E-state index in [4.69, 9.17) is 0 Å². The van der Waals surface area contributed by atoms with Crippen LogP contribution in [0.1, 0.15) is 19.8 Å². The second-order valence-corrected chi connectivity index (χ2v) is 4.17. The first kappa shape index (κ1) is 11.6. The van der Waals surface area contributed by atoms with Gasteiger partial charge in [-0.25, -0.2) is 0 Å². The highest BCUT2D eigenvalue weighted by Crippen LogP contribution is 2.16. The molecule has 0 spiro atoms. The van der Waals surface area contributed by atoms with Crippen molar-refractivity contribution in [1.29, 1.82) is 0 Å². The van der Waals surface area contributed by atoms with Crippen LogP contribution in [0, 0.1) is 0 Å². The van der Waals surface area contributed by atoms with Gasteiger partial charge in [0.25, 0.3) is 5.56 Å². The van der Waals surface area contributed by atoms with Crippen LogP contribution in [0.25, 0.3) is 11.1 Å². The summed E-state index contributed by atoms with van der Waals surface area (Å²) in [6.07, 6.45) is 4.09. The molecule has 2 aromatic rings. The van der Waals surface area contributed by atoms with Gasteiger partial charge in [-0.2, -0.15) is 0 Å². The van der Waals surface area contributed by atoms with Crippen molar-refractivity contribution >= 4 is 0 Å². The third-order valence-corrected chi connectivity index (χ3v) is 2.84. The topological polar surface area (TPSA) is 22.0 Å². The molecule has 0 saturated carbocycles. The molecule has 0 fully saturated rings. The van der Waals surface area contributed by atoms with Crippen molar-refractivity contribution in [1.82, 2.24) is 4.57 Å². The van der Waals surface area contributed by atoms with Gasteiger partial charge in [0.15, 0.2) is 0 Å². The summed E-state index contributed by atoms with van der Waals surface area (Å²) in [6.45, 7) is 2.93. The van der Waals surface area contributed by atoms with Crippen LogP contribution < -0.4 is 5.56 Å². The van der Waals surface area contributed by atoms with Gasteiger partial charge in [-0.3, -0.25) is 4.79 Å². The molecule has 0 saturated heterocycles. The Kier molecular flexibility index (Phi) is 3.76. The maximum atomic E-state index is 11.7. The predicted molar refractivity (Wildman–Crippen MR) is 71.0 cm³/mol. The number of nitrogens with zero attached hydrogens (tertiary/aromatic N) is 1. The molecular weight excluding hydrogens is 210 g/mol. The lowest BCUT2D eigenvalue weighted by Gasteiger charge is -2.07. The lowest BCUT2D eigenvalue weighted by molar-refractivity contribution is 0.614. The average Bonchev–Trinajstić information content (AvgIpc) is 2.39. The largest absolute Gasteiger partial charge is 0.315 e. The summed E-state index contributed by atoms with van der Waals surface area (Å²) in [7, 11) is 0. The molecule has 1 heterocycles. The summed E-state index contributed by atoms with van der Waals surface area (Å²) < 4.78 is 1.80. The highest BCUT2D eigenvalue weighted by atomic mass is 16.1. The Morgan fingerprint density at radius 2 is 1.76 bits per heavy atom. The van der Waals surface area contributed by atoms with Gasteiger partial charge in [-0.05, 0) is 23.6 Å². The van der Waals surface area contributed by atoms with Gasteiger partial charge in [0.1, 0.15) is 0 Å². The van der Waals surface area contributed by atoms with E-state index in [1.54, 1.807) is 10.6 Å². The van der Waals surface area contributed by atoms with E-state index in [-0.39, 0.29) is 5.56 Å². The number of hydrogen-bond acceptors (Lipinski definition) is 1.